The number of rotatable bonds is 5. The summed E-state index contributed by atoms with van der Waals surface area (Å²) in [6, 6.07) is 16.5. The minimum atomic E-state index is -3.12. The van der Waals surface area contributed by atoms with Crippen LogP contribution in [0.5, 0.6) is 5.75 Å². The number of anilines is 1. The van der Waals surface area contributed by atoms with Crippen molar-refractivity contribution >= 4 is 32.5 Å². The summed E-state index contributed by atoms with van der Waals surface area (Å²) in [4.78, 5) is 18.4. The summed E-state index contributed by atoms with van der Waals surface area (Å²) in [7, 11) is -1.53. The molecule has 1 atom stereocenters. The van der Waals surface area contributed by atoms with Crippen molar-refractivity contribution in [2.75, 3.05) is 23.9 Å². The Balaban J connectivity index is 1.64. The first-order chi connectivity index (χ1) is 16.7. The fraction of sp³-hybridized carbons (Fsp3) is 0.269. The minimum absolute atomic E-state index is 0.0209. The molecular weight excluding hydrogens is 464 g/mol. The van der Waals surface area contributed by atoms with Gasteiger partial charge in [-0.2, -0.15) is 5.10 Å². The molecule has 2 aromatic carbocycles. The lowest BCUT2D eigenvalue weighted by molar-refractivity contribution is 0.102. The third-order valence-electron chi connectivity index (χ3n) is 6.33. The third kappa shape index (κ3) is 4.51. The van der Waals surface area contributed by atoms with Gasteiger partial charge in [-0.1, -0.05) is 29.8 Å². The van der Waals surface area contributed by atoms with E-state index in [4.69, 9.17) is 9.72 Å². The van der Waals surface area contributed by atoms with E-state index in [1.165, 1.54) is 0 Å². The van der Waals surface area contributed by atoms with Gasteiger partial charge in [0.2, 0.25) is 0 Å². The number of sulfone groups is 1. The average molecular weight is 491 g/mol. The smallest absolute Gasteiger partial charge is 0.256 e. The highest BCUT2D eigenvalue weighted by Gasteiger charge is 2.32. The molecule has 0 bridgehead atoms. The summed E-state index contributed by atoms with van der Waals surface area (Å²) in [6.07, 6.45) is 0.475. The second-order valence-corrected chi connectivity index (χ2v) is 11.1. The van der Waals surface area contributed by atoms with E-state index in [0.717, 1.165) is 11.1 Å². The van der Waals surface area contributed by atoms with Crippen LogP contribution in [0.15, 0.2) is 54.6 Å². The van der Waals surface area contributed by atoms with E-state index in [0.29, 0.717) is 45.8 Å². The molecule has 0 unspecified atom stereocenters. The first-order valence-electron chi connectivity index (χ1n) is 11.4. The highest BCUT2D eigenvalue weighted by Crippen LogP contribution is 2.32. The minimum Gasteiger partial charge on any atom is -0.497 e. The van der Waals surface area contributed by atoms with Crippen molar-refractivity contribution in [3.05, 3.63) is 71.4 Å². The molecule has 1 aliphatic heterocycles. The Labute approximate surface area is 203 Å². The van der Waals surface area contributed by atoms with Crippen LogP contribution >= 0.6 is 0 Å². The molecule has 0 aliphatic carbocycles. The molecule has 1 saturated heterocycles. The lowest BCUT2D eigenvalue weighted by Crippen LogP contribution is -2.15. The van der Waals surface area contributed by atoms with Gasteiger partial charge in [0.1, 0.15) is 5.75 Å². The van der Waals surface area contributed by atoms with Gasteiger partial charge in [0.25, 0.3) is 5.91 Å². The molecule has 1 aliphatic rings. The average Bonchev–Trinajstić information content (AvgIpc) is 3.38. The van der Waals surface area contributed by atoms with E-state index in [-0.39, 0.29) is 23.5 Å². The van der Waals surface area contributed by atoms with Gasteiger partial charge < -0.3 is 10.1 Å². The number of methoxy groups -OCH3 is 1. The maximum Gasteiger partial charge on any atom is 0.256 e. The van der Waals surface area contributed by atoms with Crippen LogP contribution in [-0.4, -0.2) is 47.7 Å². The molecule has 0 saturated carbocycles. The Morgan fingerprint density at radius 1 is 1.09 bits per heavy atom. The van der Waals surface area contributed by atoms with Crippen molar-refractivity contribution in [3.8, 4) is 17.0 Å². The fourth-order valence-corrected chi connectivity index (χ4v) is 6.15. The number of carbonyl (C=O) groups excluding carboxylic acids is 1. The first kappa shape index (κ1) is 23.0. The number of benzene rings is 2. The lowest BCUT2D eigenvalue weighted by Gasteiger charge is -2.13. The largest absolute Gasteiger partial charge is 0.497 e. The summed E-state index contributed by atoms with van der Waals surface area (Å²) in [5, 5.41) is 8.23. The third-order valence-corrected chi connectivity index (χ3v) is 8.08. The fourth-order valence-electron chi connectivity index (χ4n) is 4.46. The van der Waals surface area contributed by atoms with Crippen molar-refractivity contribution in [1.82, 2.24) is 14.8 Å². The number of ether oxygens (including phenoxy) is 1. The zero-order valence-corrected chi connectivity index (χ0v) is 20.6. The highest BCUT2D eigenvalue weighted by molar-refractivity contribution is 7.91. The van der Waals surface area contributed by atoms with Crippen molar-refractivity contribution < 1.29 is 17.9 Å². The number of aromatic nitrogens is 3. The molecule has 3 heterocycles. The molecule has 1 amide bonds. The SMILES string of the molecule is COc1ccc(NC(=O)c2cc(-c3ccc(C)cc3)nc3c2c(C)nn3[C@@H]2CCS(=O)(=O)C2)cc1. The molecule has 4 aromatic rings. The lowest BCUT2D eigenvalue weighted by atomic mass is 10.0. The van der Waals surface area contributed by atoms with Crippen LogP contribution in [0.2, 0.25) is 0 Å². The molecule has 5 rings (SSSR count). The molecule has 1 fully saturated rings. The maximum atomic E-state index is 13.5. The summed E-state index contributed by atoms with van der Waals surface area (Å²) >= 11 is 0. The Morgan fingerprint density at radius 3 is 2.43 bits per heavy atom. The number of hydrogen-bond acceptors (Lipinski definition) is 6. The van der Waals surface area contributed by atoms with Crippen LogP contribution in [-0.2, 0) is 9.84 Å². The molecule has 0 radical (unpaired) electrons. The molecule has 0 spiro atoms. The van der Waals surface area contributed by atoms with Gasteiger partial charge in [-0.05, 0) is 50.6 Å². The van der Waals surface area contributed by atoms with E-state index in [1.807, 2.05) is 38.1 Å². The second-order valence-electron chi connectivity index (χ2n) is 8.89. The summed E-state index contributed by atoms with van der Waals surface area (Å²) in [6.45, 7) is 3.83. The highest BCUT2D eigenvalue weighted by atomic mass is 32.2. The summed E-state index contributed by atoms with van der Waals surface area (Å²) in [5.74, 6) is 0.547. The van der Waals surface area contributed by atoms with Gasteiger partial charge >= 0.3 is 0 Å². The van der Waals surface area contributed by atoms with Gasteiger partial charge in [0.05, 0.1) is 47.0 Å². The van der Waals surface area contributed by atoms with Gasteiger partial charge in [-0.25, -0.2) is 18.1 Å². The van der Waals surface area contributed by atoms with E-state index >= 15 is 0 Å². The van der Waals surface area contributed by atoms with Crippen molar-refractivity contribution in [2.24, 2.45) is 0 Å². The zero-order valence-electron chi connectivity index (χ0n) is 19.8. The van der Waals surface area contributed by atoms with Crippen LogP contribution in [0.4, 0.5) is 5.69 Å². The monoisotopic (exact) mass is 490 g/mol. The Morgan fingerprint density at radius 2 is 1.80 bits per heavy atom. The van der Waals surface area contributed by atoms with Crippen molar-refractivity contribution in [3.63, 3.8) is 0 Å². The molecule has 9 heteroatoms. The molecule has 2 aromatic heterocycles. The number of aryl methyl sites for hydroxylation is 2. The standard InChI is InChI=1S/C26H26N4O4S/c1-16-4-6-18(7-5-16)23-14-22(26(31)27-19-8-10-21(34-3)11-9-19)24-17(2)29-30(25(24)28-23)20-12-13-35(32,33)15-20/h4-11,14,20H,12-13,15H2,1-3H3,(H,27,31)/t20-/m1/s1. The number of carbonyl (C=O) groups is 1. The number of fused-ring (bicyclic) bond motifs is 1. The van der Waals surface area contributed by atoms with Crippen LogP contribution in [0, 0.1) is 13.8 Å². The van der Waals surface area contributed by atoms with Gasteiger partial charge in [0, 0.05) is 11.3 Å². The van der Waals surface area contributed by atoms with Crippen LogP contribution in [0.25, 0.3) is 22.3 Å². The first-order valence-corrected chi connectivity index (χ1v) is 13.2. The van der Waals surface area contributed by atoms with Gasteiger partial charge in [0.15, 0.2) is 15.5 Å². The molecular formula is C26H26N4O4S. The molecule has 8 nitrogen and oxygen atoms in total. The van der Waals surface area contributed by atoms with E-state index in [2.05, 4.69) is 10.4 Å². The van der Waals surface area contributed by atoms with Crippen molar-refractivity contribution in [2.45, 2.75) is 26.3 Å². The number of amides is 1. The van der Waals surface area contributed by atoms with E-state index in [1.54, 1.807) is 42.1 Å². The number of pyridine rings is 1. The second kappa shape index (κ2) is 8.81. The zero-order chi connectivity index (χ0) is 24.7. The maximum absolute atomic E-state index is 13.5. The normalized spacial score (nSPS) is 16.9. The number of nitrogens with zero attached hydrogens (tertiary/aromatic N) is 3. The van der Waals surface area contributed by atoms with Crippen molar-refractivity contribution in [1.29, 1.82) is 0 Å². The summed E-state index contributed by atoms with van der Waals surface area (Å²) < 4.78 is 31.2. The topological polar surface area (TPSA) is 103 Å². The Hall–Kier alpha value is -3.72. The van der Waals surface area contributed by atoms with Gasteiger partial charge in [-0.15, -0.1) is 0 Å². The van der Waals surface area contributed by atoms with Crippen LogP contribution in [0.1, 0.15) is 34.1 Å². The van der Waals surface area contributed by atoms with E-state index < -0.39 is 9.84 Å². The Kier molecular flexibility index (Phi) is 5.80. The van der Waals surface area contributed by atoms with Crippen LogP contribution in [0.3, 0.4) is 0 Å². The molecule has 180 valence electrons. The Bertz CT molecular complexity index is 1520. The quantitative estimate of drug-likeness (QED) is 0.447. The number of nitrogens with one attached hydrogen (secondary N) is 1. The van der Waals surface area contributed by atoms with Gasteiger partial charge in [-0.3, -0.25) is 4.79 Å². The van der Waals surface area contributed by atoms with E-state index in [9.17, 15) is 13.2 Å². The predicted octanol–water partition coefficient (Wildman–Crippen LogP) is 4.34. The van der Waals surface area contributed by atoms with Crippen LogP contribution < -0.4 is 10.1 Å². The predicted molar refractivity (Wildman–Crippen MR) is 136 cm³/mol. The molecule has 35 heavy (non-hydrogen) atoms. The summed E-state index contributed by atoms with van der Waals surface area (Å²) in [5.41, 5.74) is 4.81. The molecule has 1 N–H and O–H groups in total. The number of hydrogen-bond donors (Lipinski definition) is 1.